The number of hydrogen-bond acceptors (Lipinski definition) is 5. The molecule has 0 amide bonds. The number of rotatable bonds is 3. The molecule has 0 fully saturated rings. The molecule has 0 saturated carbocycles. The summed E-state index contributed by atoms with van der Waals surface area (Å²) < 4.78 is 44.4. The van der Waals surface area contributed by atoms with E-state index in [-0.39, 0.29) is 6.04 Å². The molecule has 0 radical (unpaired) electrons. The van der Waals surface area contributed by atoms with Gasteiger partial charge in [0, 0.05) is 24.0 Å². The zero-order valence-electron chi connectivity index (χ0n) is 16.2. The van der Waals surface area contributed by atoms with Gasteiger partial charge in [0.1, 0.15) is 24.4 Å². The summed E-state index contributed by atoms with van der Waals surface area (Å²) in [7, 11) is 0. The largest absolute Gasteiger partial charge is 0.492 e. The second-order valence-corrected chi connectivity index (χ2v) is 7.20. The van der Waals surface area contributed by atoms with Crippen LogP contribution in [0.15, 0.2) is 60.9 Å². The fourth-order valence-corrected chi connectivity index (χ4v) is 3.46. The van der Waals surface area contributed by atoms with E-state index in [1.165, 1.54) is 12.1 Å². The molecule has 1 aliphatic rings. The van der Waals surface area contributed by atoms with Gasteiger partial charge in [-0.2, -0.15) is 13.2 Å². The third-order valence-corrected chi connectivity index (χ3v) is 5.14. The van der Waals surface area contributed by atoms with Gasteiger partial charge in [0.2, 0.25) is 0 Å². The molecule has 2 heterocycles. The molecule has 0 saturated heterocycles. The zero-order valence-corrected chi connectivity index (χ0v) is 16.2. The molecule has 1 aliphatic heterocycles. The monoisotopic (exact) mass is 415 g/mol. The first kappa shape index (κ1) is 20.3. The normalized spacial score (nSPS) is 19.6. The highest BCUT2D eigenvalue weighted by atomic mass is 19.4. The van der Waals surface area contributed by atoms with Crippen LogP contribution in [0.3, 0.4) is 0 Å². The second kappa shape index (κ2) is 8.04. The van der Waals surface area contributed by atoms with Crippen molar-refractivity contribution in [3.05, 3.63) is 77.9 Å². The minimum Gasteiger partial charge on any atom is -0.492 e. The van der Waals surface area contributed by atoms with Gasteiger partial charge in [-0.05, 0) is 48.4 Å². The molecule has 0 spiro atoms. The van der Waals surface area contributed by atoms with Crippen molar-refractivity contribution >= 4 is 0 Å². The van der Waals surface area contributed by atoms with Crippen molar-refractivity contribution in [3.63, 3.8) is 0 Å². The molecule has 2 atom stereocenters. The molecular formula is C22H20F3N3O2. The molecule has 1 aromatic heterocycles. The number of aromatic nitrogens is 2. The highest BCUT2D eigenvalue weighted by Gasteiger charge is 2.31. The number of halogens is 3. The Morgan fingerprint density at radius 2 is 1.73 bits per heavy atom. The first-order valence-electron chi connectivity index (χ1n) is 9.47. The van der Waals surface area contributed by atoms with Crippen LogP contribution in [0.1, 0.15) is 30.1 Å². The number of nitrogens with zero attached hydrogens (tertiary/aromatic N) is 3. The Kier molecular flexibility index (Phi) is 5.44. The molecule has 2 unspecified atom stereocenters. The third-order valence-electron chi connectivity index (χ3n) is 5.14. The average molecular weight is 415 g/mol. The van der Waals surface area contributed by atoms with Crippen LogP contribution in [0.25, 0.3) is 11.1 Å². The van der Waals surface area contributed by atoms with Crippen LogP contribution >= 0.6 is 0 Å². The lowest BCUT2D eigenvalue weighted by molar-refractivity contribution is -0.137. The fraction of sp³-hybridized carbons (Fsp3) is 0.273. The zero-order chi connectivity index (χ0) is 21.3. The average Bonchev–Trinajstić information content (AvgIpc) is 2.86. The van der Waals surface area contributed by atoms with Gasteiger partial charge in [0.05, 0.1) is 12.1 Å². The first-order valence-corrected chi connectivity index (χ1v) is 9.47. The van der Waals surface area contributed by atoms with Crippen molar-refractivity contribution in [2.45, 2.75) is 31.9 Å². The number of aliphatic hydroxyl groups excluding tert-OH is 1. The van der Waals surface area contributed by atoms with E-state index in [1.807, 2.05) is 11.8 Å². The molecule has 4 rings (SSSR count). The Hall–Kier alpha value is -2.97. The summed E-state index contributed by atoms with van der Waals surface area (Å²) in [5.74, 6) is 1.12. The van der Waals surface area contributed by atoms with Crippen molar-refractivity contribution in [2.75, 3.05) is 6.61 Å². The summed E-state index contributed by atoms with van der Waals surface area (Å²) in [6.45, 7) is 2.64. The topological polar surface area (TPSA) is 58.5 Å². The summed E-state index contributed by atoms with van der Waals surface area (Å²) in [5.41, 5.74) is 1.16. The van der Waals surface area contributed by atoms with Crippen LogP contribution in [0.5, 0.6) is 5.75 Å². The third kappa shape index (κ3) is 4.15. The van der Waals surface area contributed by atoms with Crippen molar-refractivity contribution in [3.8, 4) is 16.9 Å². The number of ether oxygens (including phenoxy) is 1. The van der Waals surface area contributed by atoms with Gasteiger partial charge in [-0.25, -0.2) is 9.97 Å². The number of benzene rings is 2. The van der Waals surface area contributed by atoms with E-state index in [4.69, 9.17) is 4.74 Å². The number of hydrogen-bond donors (Lipinski definition) is 1. The van der Waals surface area contributed by atoms with E-state index >= 15 is 0 Å². The van der Waals surface area contributed by atoms with Gasteiger partial charge < -0.3 is 9.84 Å². The quantitative estimate of drug-likeness (QED) is 0.686. The molecule has 3 aromatic rings. The van der Waals surface area contributed by atoms with E-state index in [0.29, 0.717) is 41.4 Å². The molecule has 156 valence electrons. The van der Waals surface area contributed by atoms with E-state index < -0.39 is 18.0 Å². The highest BCUT2D eigenvalue weighted by molar-refractivity contribution is 5.66. The van der Waals surface area contributed by atoms with Crippen LogP contribution in [0.2, 0.25) is 0 Å². The lowest BCUT2D eigenvalue weighted by atomic mass is 10.00. The van der Waals surface area contributed by atoms with E-state index in [0.717, 1.165) is 12.1 Å². The summed E-state index contributed by atoms with van der Waals surface area (Å²) in [4.78, 5) is 10.3. The fourth-order valence-electron chi connectivity index (χ4n) is 3.46. The summed E-state index contributed by atoms with van der Waals surface area (Å²) in [5, 5.41) is 11.1. The van der Waals surface area contributed by atoms with Gasteiger partial charge in [0.15, 0.2) is 0 Å². The van der Waals surface area contributed by atoms with Crippen molar-refractivity contribution in [2.24, 2.45) is 0 Å². The maximum Gasteiger partial charge on any atom is 0.416 e. The van der Waals surface area contributed by atoms with Crippen molar-refractivity contribution < 1.29 is 23.0 Å². The Labute approximate surface area is 171 Å². The molecule has 8 heteroatoms. The number of fused-ring (bicyclic) bond motifs is 1. The van der Waals surface area contributed by atoms with E-state index in [1.54, 1.807) is 36.7 Å². The lowest BCUT2D eigenvalue weighted by Gasteiger charge is -2.29. The van der Waals surface area contributed by atoms with Gasteiger partial charge in [-0.15, -0.1) is 0 Å². The highest BCUT2D eigenvalue weighted by Crippen LogP contribution is 2.37. The Bertz CT molecular complexity index is 1010. The minimum absolute atomic E-state index is 0.106. The molecule has 2 aromatic carbocycles. The van der Waals surface area contributed by atoms with Crippen LogP contribution in [0.4, 0.5) is 13.2 Å². The van der Waals surface area contributed by atoms with Crippen molar-refractivity contribution in [1.82, 2.24) is 14.9 Å². The molecular weight excluding hydrogens is 395 g/mol. The molecule has 0 bridgehead atoms. The molecule has 1 N–H and O–H groups in total. The Morgan fingerprint density at radius 3 is 2.40 bits per heavy atom. The van der Waals surface area contributed by atoms with E-state index in [2.05, 4.69) is 9.97 Å². The summed E-state index contributed by atoms with van der Waals surface area (Å²) in [6.07, 6.45) is -2.07. The summed E-state index contributed by atoms with van der Waals surface area (Å²) in [6, 6.07) is 11.8. The van der Waals surface area contributed by atoms with Gasteiger partial charge in [-0.3, -0.25) is 4.90 Å². The van der Waals surface area contributed by atoms with Crippen LogP contribution in [-0.4, -0.2) is 32.6 Å². The van der Waals surface area contributed by atoms with Crippen LogP contribution in [0, 0.1) is 0 Å². The second-order valence-electron chi connectivity index (χ2n) is 7.20. The SMILES string of the molecule is CC1COc2ccc(-c3ccc(C(F)(F)F)cc3)cc2C(O)N1Cc1ncccn1. The maximum atomic E-state index is 12.8. The number of aliphatic hydroxyl groups is 1. The minimum atomic E-state index is -4.38. The Balaban J connectivity index is 1.65. The maximum absolute atomic E-state index is 12.8. The molecule has 30 heavy (non-hydrogen) atoms. The van der Waals surface area contributed by atoms with E-state index in [9.17, 15) is 18.3 Å². The van der Waals surface area contributed by atoms with Crippen LogP contribution in [-0.2, 0) is 12.7 Å². The number of alkyl halides is 3. The molecule has 0 aliphatic carbocycles. The van der Waals surface area contributed by atoms with Crippen LogP contribution < -0.4 is 4.74 Å². The van der Waals surface area contributed by atoms with Gasteiger partial charge >= 0.3 is 6.18 Å². The first-order chi connectivity index (χ1) is 14.3. The predicted molar refractivity (Wildman–Crippen MR) is 104 cm³/mol. The molecule has 5 nitrogen and oxygen atoms in total. The van der Waals surface area contributed by atoms with Gasteiger partial charge in [0.25, 0.3) is 0 Å². The summed E-state index contributed by atoms with van der Waals surface area (Å²) >= 11 is 0. The Morgan fingerprint density at radius 1 is 1.07 bits per heavy atom. The van der Waals surface area contributed by atoms with Crippen molar-refractivity contribution in [1.29, 1.82) is 0 Å². The predicted octanol–water partition coefficient (Wildman–Crippen LogP) is 4.44. The standard InChI is InChI=1S/C22H20F3N3O2/c1-14-13-30-19-8-5-16(15-3-6-17(7-4-15)22(23,24)25)11-18(19)21(29)28(14)12-20-26-9-2-10-27-20/h2-11,14,21,29H,12-13H2,1H3. The smallest absolute Gasteiger partial charge is 0.416 e. The van der Waals surface area contributed by atoms with Gasteiger partial charge in [-0.1, -0.05) is 18.2 Å². The lowest BCUT2D eigenvalue weighted by Crippen LogP contribution is -2.38.